The molecule has 3 aromatic heterocycles. The summed E-state index contributed by atoms with van der Waals surface area (Å²) >= 11 is 0. The van der Waals surface area contributed by atoms with Crippen molar-refractivity contribution in [3.8, 4) is 17.8 Å². The van der Waals surface area contributed by atoms with Crippen LogP contribution in [0.3, 0.4) is 0 Å². The van der Waals surface area contributed by atoms with Crippen LogP contribution in [0.1, 0.15) is 18.9 Å². The second-order valence-electron chi connectivity index (χ2n) is 14.1. The van der Waals surface area contributed by atoms with E-state index < -0.39 is 0 Å². The number of nitriles is 2. The molecule has 0 aliphatic heterocycles. The van der Waals surface area contributed by atoms with Crippen LogP contribution in [0.4, 0.5) is 0 Å². The standard InChI is InChI=1S/C52H37N5/c1-4-5-14-39(57-51-22-13-9-17-43(51)45-25-23-37(33-53)31-52(45)57)30-36(3)35(2)29-38(34-54)27-28-55-47-19-10-6-18-44(47)46-32-40(24-26-48(46)55)56-49-20-11-7-15-41(49)42-16-8-12-21-50(42)56/h5-32H,2-4H2,1H3/b14-5+,28-27+,38-29+,39-30+. The zero-order valence-corrected chi connectivity index (χ0v) is 31.5. The first-order chi connectivity index (χ1) is 28.0. The van der Waals surface area contributed by atoms with E-state index in [2.05, 4.69) is 155 Å². The third kappa shape index (κ3) is 5.96. The monoisotopic (exact) mass is 731 g/mol. The fraction of sp³-hybridized carbons (Fsp3) is 0.0385. The highest BCUT2D eigenvalue weighted by molar-refractivity contribution is 6.13. The first-order valence-electron chi connectivity index (χ1n) is 19.0. The van der Waals surface area contributed by atoms with Crippen molar-refractivity contribution >= 4 is 77.3 Å². The number of fused-ring (bicyclic) bond motifs is 9. The molecule has 6 aromatic carbocycles. The molecule has 0 spiro atoms. The van der Waals surface area contributed by atoms with Crippen LogP contribution >= 0.6 is 0 Å². The summed E-state index contributed by atoms with van der Waals surface area (Å²) in [5.41, 5.74) is 10.7. The second kappa shape index (κ2) is 14.4. The first kappa shape index (κ1) is 34.9. The number of rotatable bonds is 9. The van der Waals surface area contributed by atoms with Gasteiger partial charge in [-0.3, -0.25) is 0 Å². The van der Waals surface area contributed by atoms with E-state index >= 15 is 0 Å². The summed E-state index contributed by atoms with van der Waals surface area (Å²) < 4.78 is 6.65. The van der Waals surface area contributed by atoms with Crippen molar-refractivity contribution in [2.45, 2.75) is 13.3 Å². The Morgan fingerprint density at radius 1 is 0.579 bits per heavy atom. The quantitative estimate of drug-likeness (QED) is 0.110. The largest absolute Gasteiger partial charge is 0.316 e. The summed E-state index contributed by atoms with van der Waals surface area (Å²) in [6, 6.07) is 50.8. The Morgan fingerprint density at radius 2 is 1.14 bits per heavy atom. The van der Waals surface area contributed by atoms with Crippen LogP contribution < -0.4 is 0 Å². The van der Waals surface area contributed by atoms with Gasteiger partial charge in [-0.1, -0.05) is 105 Å². The average Bonchev–Trinajstić information content (AvgIpc) is 3.88. The van der Waals surface area contributed by atoms with Crippen molar-refractivity contribution in [2.24, 2.45) is 0 Å². The molecule has 0 saturated carbocycles. The van der Waals surface area contributed by atoms with Gasteiger partial charge in [-0.15, -0.1) is 0 Å². The topological polar surface area (TPSA) is 62.4 Å². The fourth-order valence-corrected chi connectivity index (χ4v) is 8.06. The van der Waals surface area contributed by atoms with Crippen LogP contribution in [-0.4, -0.2) is 13.7 Å². The summed E-state index contributed by atoms with van der Waals surface area (Å²) in [7, 11) is 0. The SMILES string of the molecule is C=C(/C=C(C#N)\C=C\n1c2ccccc2c2cc(-n3c4ccccc4c4ccccc43)ccc21)C(=C)/C=C(\C=C\CC)n1c2ccccc2c2ccc(C#N)cc21. The molecule has 0 amide bonds. The predicted octanol–water partition coefficient (Wildman–Crippen LogP) is 13.4. The maximum absolute atomic E-state index is 10.4. The van der Waals surface area contributed by atoms with Crippen LogP contribution in [0, 0.1) is 22.7 Å². The smallest absolute Gasteiger partial charge is 0.0992 e. The molecular weight excluding hydrogens is 695 g/mol. The lowest BCUT2D eigenvalue weighted by atomic mass is 10.0. The average molecular weight is 732 g/mol. The number of hydrogen-bond donors (Lipinski definition) is 0. The van der Waals surface area contributed by atoms with Crippen LogP contribution in [-0.2, 0) is 0 Å². The molecule has 5 heteroatoms. The van der Waals surface area contributed by atoms with Crippen LogP contribution in [0.2, 0.25) is 0 Å². The van der Waals surface area contributed by atoms with Gasteiger partial charge in [0.05, 0.1) is 56.4 Å². The van der Waals surface area contributed by atoms with Crippen LogP contribution in [0.5, 0.6) is 0 Å². The molecule has 0 N–H and O–H groups in total. The highest BCUT2D eigenvalue weighted by Gasteiger charge is 2.16. The molecule has 0 saturated heterocycles. The van der Waals surface area contributed by atoms with Gasteiger partial charge in [-0.2, -0.15) is 10.5 Å². The molecule has 5 nitrogen and oxygen atoms in total. The van der Waals surface area contributed by atoms with Gasteiger partial charge in [0.25, 0.3) is 0 Å². The summed E-state index contributed by atoms with van der Waals surface area (Å²) in [5, 5.41) is 27.0. The molecule has 9 rings (SSSR count). The van der Waals surface area contributed by atoms with Gasteiger partial charge >= 0.3 is 0 Å². The lowest BCUT2D eigenvalue weighted by molar-refractivity contribution is 1.18. The van der Waals surface area contributed by atoms with Crippen LogP contribution in [0.15, 0.2) is 194 Å². The molecule has 0 atom stereocenters. The van der Waals surface area contributed by atoms with Crippen molar-refractivity contribution < 1.29 is 0 Å². The maximum Gasteiger partial charge on any atom is 0.0992 e. The molecule has 0 radical (unpaired) electrons. The Balaban J connectivity index is 1.09. The van der Waals surface area contributed by atoms with Gasteiger partial charge in [0.15, 0.2) is 0 Å². The second-order valence-corrected chi connectivity index (χ2v) is 14.1. The Kier molecular flexibility index (Phi) is 8.82. The van der Waals surface area contributed by atoms with Gasteiger partial charge in [-0.05, 0) is 96.5 Å². The molecule has 9 aromatic rings. The molecule has 3 heterocycles. The highest BCUT2D eigenvalue weighted by Crippen LogP contribution is 2.37. The van der Waals surface area contributed by atoms with E-state index in [1.165, 1.54) is 21.8 Å². The summed E-state index contributed by atoms with van der Waals surface area (Å²) in [6.07, 6.45) is 12.6. The molecular formula is C52H37N5. The number of para-hydroxylation sites is 4. The van der Waals surface area contributed by atoms with E-state index in [1.54, 1.807) is 6.08 Å². The molecule has 270 valence electrons. The molecule has 0 unspecified atom stereocenters. The Labute approximate surface area is 330 Å². The fourth-order valence-electron chi connectivity index (χ4n) is 8.06. The number of allylic oxidation sites excluding steroid dienone is 9. The van der Waals surface area contributed by atoms with E-state index in [0.717, 1.165) is 61.4 Å². The summed E-state index contributed by atoms with van der Waals surface area (Å²) in [6.45, 7) is 10.8. The zero-order chi connectivity index (χ0) is 39.0. The minimum absolute atomic E-state index is 0.448. The van der Waals surface area contributed by atoms with E-state index in [9.17, 15) is 10.5 Å². The third-order valence-electron chi connectivity index (χ3n) is 10.7. The molecule has 0 aliphatic rings. The maximum atomic E-state index is 10.4. The Bertz CT molecular complexity index is 3280. The van der Waals surface area contributed by atoms with E-state index in [0.29, 0.717) is 22.3 Å². The number of nitrogens with zero attached hydrogens (tertiary/aromatic N) is 5. The Morgan fingerprint density at radius 3 is 1.79 bits per heavy atom. The van der Waals surface area contributed by atoms with Gasteiger partial charge < -0.3 is 13.7 Å². The van der Waals surface area contributed by atoms with Gasteiger partial charge in [-0.25, -0.2) is 0 Å². The van der Waals surface area contributed by atoms with Crippen molar-refractivity contribution in [1.82, 2.24) is 13.7 Å². The van der Waals surface area contributed by atoms with Crippen molar-refractivity contribution in [3.05, 3.63) is 199 Å². The van der Waals surface area contributed by atoms with E-state index in [1.807, 2.05) is 54.8 Å². The van der Waals surface area contributed by atoms with Crippen molar-refractivity contribution in [2.75, 3.05) is 0 Å². The molecule has 0 fully saturated rings. The van der Waals surface area contributed by atoms with Crippen molar-refractivity contribution in [3.63, 3.8) is 0 Å². The van der Waals surface area contributed by atoms with E-state index in [-0.39, 0.29) is 0 Å². The molecule has 0 bridgehead atoms. The number of aromatic nitrogens is 3. The van der Waals surface area contributed by atoms with Gasteiger partial charge in [0.2, 0.25) is 0 Å². The van der Waals surface area contributed by atoms with Gasteiger partial charge in [0.1, 0.15) is 0 Å². The minimum Gasteiger partial charge on any atom is -0.316 e. The third-order valence-corrected chi connectivity index (χ3v) is 10.7. The lowest BCUT2D eigenvalue weighted by Gasteiger charge is -2.11. The Hall–Kier alpha value is -7.86. The van der Waals surface area contributed by atoms with Crippen molar-refractivity contribution in [1.29, 1.82) is 10.5 Å². The number of benzene rings is 6. The van der Waals surface area contributed by atoms with E-state index in [4.69, 9.17) is 0 Å². The minimum atomic E-state index is 0.448. The first-order valence-corrected chi connectivity index (χ1v) is 19.0. The summed E-state index contributed by atoms with van der Waals surface area (Å²) in [5.74, 6) is 0. The van der Waals surface area contributed by atoms with Gasteiger partial charge in [0, 0.05) is 49.9 Å². The highest BCUT2D eigenvalue weighted by atomic mass is 15.0. The number of hydrogen-bond acceptors (Lipinski definition) is 2. The summed E-state index contributed by atoms with van der Waals surface area (Å²) in [4.78, 5) is 0. The molecule has 0 aliphatic carbocycles. The lowest BCUT2D eigenvalue weighted by Crippen LogP contribution is -1.96. The predicted molar refractivity (Wildman–Crippen MR) is 239 cm³/mol. The zero-order valence-electron chi connectivity index (χ0n) is 31.5. The van der Waals surface area contributed by atoms with Crippen LogP contribution in [0.25, 0.3) is 83.0 Å². The molecule has 57 heavy (non-hydrogen) atoms. The normalized spacial score (nSPS) is 12.5.